The summed E-state index contributed by atoms with van der Waals surface area (Å²) in [5, 5.41) is 6.13. The average molecular weight is 515 g/mol. The first-order chi connectivity index (χ1) is 18.4. The molecular weight excluding hydrogens is 493 g/mol. The maximum atomic E-state index is 13.3. The van der Waals surface area contributed by atoms with Gasteiger partial charge in [0, 0.05) is 34.6 Å². The lowest BCUT2D eigenvalue weighted by Gasteiger charge is -2.19. The van der Waals surface area contributed by atoms with Gasteiger partial charge in [0.1, 0.15) is 17.6 Å². The van der Waals surface area contributed by atoms with Crippen LogP contribution in [0.1, 0.15) is 26.3 Å². The van der Waals surface area contributed by atoms with Gasteiger partial charge in [-0.3, -0.25) is 14.4 Å². The summed E-state index contributed by atoms with van der Waals surface area (Å²) in [6.45, 7) is -0.692. The largest absolute Gasteiger partial charge is 0.482 e. The molecule has 9 nitrogen and oxygen atoms in total. The van der Waals surface area contributed by atoms with E-state index >= 15 is 0 Å². The highest BCUT2D eigenvalue weighted by Crippen LogP contribution is 2.28. The molecule has 5 rings (SSSR count). The Morgan fingerprint density at radius 3 is 2.61 bits per heavy atom. The Morgan fingerprint density at radius 2 is 1.79 bits per heavy atom. The van der Waals surface area contributed by atoms with Crippen molar-refractivity contribution in [2.24, 2.45) is 0 Å². The zero-order valence-electron chi connectivity index (χ0n) is 20.0. The van der Waals surface area contributed by atoms with Gasteiger partial charge in [0.05, 0.1) is 5.69 Å². The Labute approximate surface area is 215 Å². The molecule has 1 unspecified atom stereocenters. The Hall–Kier alpha value is -4.99. The highest BCUT2D eigenvalue weighted by Gasteiger charge is 2.26. The number of amides is 2. The van der Waals surface area contributed by atoms with Gasteiger partial charge in [-0.25, -0.2) is 9.18 Å². The lowest BCUT2D eigenvalue weighted by Crippen LogP contribution is -2.43. The number of carbonyl (C=O) groups is 4. The van der Waals surface area contributed by atoms with Crippen LogP contribution >= 0.6 is 0 Å². The number of anilines is 1. The number of nitrogens with one attached hydrogen (secondary N) is 3. The molecule has 2 heterocycles. The molecule has 192 valence electrons. The van der Waals surface area contributed by atoms with Gasteiger partial charge in [0.2, 0.25) is 0 Å². The Balaban J connectivity index is 1.31. The van der Waals surface area contributed by atoms with Crippen molar-refractivity contribution < 1.29 is 33.0 Å². The summed E-state index contributed by atoms with van der Waals surface area (Å²) in [7, 11) is 0. The predicted molar refractivity (Wildman–Crippen MR) is 136 cm³/mol. The van der Waals surface area contributed by atoms with Crippen molar-refractivity contribution in [2.45, 2.75) is 12.5 Å². The summed E-state index contributed by atoms with van der Waals surface area (Å²) in [5.41, 5.74) is 2.35. The maximum Gasteiger partial charge on any atom is 0.329 e. The summed E-state index contributed by atoms with van der Waals surface area (Å²) >= 11 is 0. The van der Waals surface area contributed by atoms with Gasteiger partial charge in [-0.15, -0.1) is 0 Å². The van der Waals surface area contributed by atoms with E-state index in [-0.39, 0.29) is 30.1 Å². The number of hydrogen-bond acceptors (Lipinski definition) is 6. The van der Waals surface area contributed by atoms with E-state index < -0.39 is 36.1 Å². The molecule has 10 heteroatoms. The first kappa shape index (κ1) is 24.7. The molecule has 3 N–H and O–H groups in total. The number of ketones is 1. The van der Waals surface area contributed by atoms with E-state index in [1.165, 1.54) is 24.3 Å². The molecule has 0 saturated heterocycles. The summed E-state index contributed by atoms with van der Waals surface area (Å²) < 4.78 is 23.9. The van der Waals surface area contributed by atoms with E-state index in [4.69, 9.17) is 9.47 Å². The first-order valence-corrected chi connectivity index (χ1v) is 11.8. The lowest BCUT2D eigenvalue weighted by atomic mass is 10.0. The van der Waals surface area contributed by atoms with Gasteiger partial charge < -0.3 is 25.1 Å². The fraction of sp³-hybridized carbons (Fsp3) is 0.143. The van der Waals surface area contributed by atoms with E-state index in [1.807, 2.05) is 24.3 Å². The van der Waals surface area contributed by atoms with Crippen molar-refractivity contribution in [1.29, 1.82) is 0 Å². The van der Waals surface area contributed by atoms with Gasteiger partial charge in [0.25, 0.3) is 11.8 Å². The van der Waals surface area contributed by atoms with E-state index in [0.29, 0.717) is 11.4 Å². The Bertz CT molecular complexity index is 1550. The van der Waals surface area contributed by atoms with Gasteiger partial charge in [-0.2, -0.15) is 0 Å². The van der Waals surface area contributed by atoms with E-state index in [2.05, 4.69) is 15.6 Å². The zero-order valence-corrected chi connectivity index (χ0v) is 20.0. The van der Waals surface area contributed by atoms with Crippen LogP contribution in [0.4, 0.5) is 10.1 Å². The van der Waals surface area contributed by atoms with Crippen LogP contribution < -0.4 is 15.4 Å². The van der Waals surface area contributed by atoms with E-state index in [1.54, 1.807) is 12.3 Å². The topological polar surface area (TPSA) is 127 Å². The molecule has 0 aliphatic carbocycles. The Morgan fingerprint density at radius 1 is 1.03 bits per heavy atom. The van der Waals surface area contributed by atoms with Crippen molar-refractivity contribution in [3.05, 3.63) is 95.4 Å². The normalized spacial score (nSPS) is 13.1. The highest BCUT2D eigenvalue weighted by molar-refractivity contribution is 6.02. The number of H-pyrrole nitrogens is 1. The molecule has 38 heavy (non-hydrogen) atoms. The molecule has 0 saturated carbocycles. The number of benzene rings is 3. The van der Waals surface area contributed by atoms with Crippen LogP contribution in [0.5, 0.6) is 5.75 Å². The van der Waals surface area contributed by atoms with Crippen molar-refractivity contribution >= 4 is 40.2 Å². The number of fused-ring (bicyclic) bond motifs is 2. The van der Waals surface area contributed by atoms with Crippen molar-refractivity contribution in [3.8, 4) is 5.75 Å². The molecule has 1 aliphatic rings. The van der Waals surface area contributed by atoms with Gasteiger partial charge in [-0.1, -0.05) is 18.2 Å². The summed E-state index contributed by atoms with van der Waals surface area (Å²) in [4.78, 5) is 53.4. The third-order valence-corrected chi connectivity index (χ3v) is 6.08. The quantitative estimate of drug-likeness (QED) is 0.244. The number of rotatable bonds is 8. The van der Waals surface area contributed by atoms with Crippen molar-refractivity contribution in [2.75, 3.05) is 18.5 Å². The van der Waals surface area contributed by atoms with E-state index in [0.717, 1.165) is 28.6 Å². The molecule has 2 amide bonds. The lowest BCUT2D eigenvalue weighted by molar-refractivity contribution is -0.144. The molecule has 3 aromatic carbocycles. The molecule has 1 aromatic heterocycles. The number of carbonyl (C=O) groups excluding carboxylic acids is 4. The minimum Gasteiger partial charge on any atom is -0.482 e. The third kappa shape index (κ3) is 5.39. The van der Waals surface area contributed by atoms with Crippen LogP contribution in [0.25, 0.3) is 10.9 Å². The molecule has 1 atom stereocenters. The molecule has 0 fully saturated rings. The summed E-state index contributed by atoms with van der Waals surface area (Å²) in [6, 6.07) is 15.8. The third-order valence-electron chi connectivity index (χ3n) is 6.08. The van der Waals surface area contributed by atoms with Gasteiger partial charge in [-0.05, 0) is 54.1 Å². The molecule has 0 bridgehead atoms. The fourth-order valence-corrected chi connectivity index (χ4v) is 4.13. The molecule has 0 spiro atoms. The highest BCUT2D eigenvalue weighted by atomic mass is 19.1. The second-order valence-electron chi connectivity index (χ2n) is 8.68. The van der Waals surface area contributed by atoms with Crippen LogP contribution in [0.15, 0.2) is 72.9 Å². The first-order valence-electron chi connectivity index (χ1n) is 11.8. The number of halogens is 1. The monoisotopic (exact) mass is 515 g/mol. The Kier molecular flexibility index (Phi) is 6.86. The minimum absolute atomic E-state index is 0.0895. The number of hydrogen-bond donors (Lipinski definition) is 3. The maximum absolute atomic E-state index is 13.3. The van der Waals surface area contributed by atoms with Gasteiger partial charge in [0.15, 0.2) is 19.0 Å². The number of aromatic nitrogens is 1. The summed E-state index contributed by atoms with van der Waals surface area (Å²) in [6.07, 6.45) is 1.83. The number of aromatic amines is 1. The smallest absolute Gasteiger partial charge is 0.329 e. The van der Waals surface area contributed by atoms with E-state index in [9.17, 15) is 23.6 Å². The van der Waals surface area contributed by atoms with Crippen LogP contribution in [0, 0.1) is 5.82 Å². The van der Waals surface area contributed by atoms with Crippen LogP contribution in [-0.2, 0) is 20.7 Å². The van der Waals surface area contributed by atoms with Crippen LogP contribution in [-0.4, -0.2) is 47.8 Å². The molecule has 0 radical (unpaired) electrons. The number of esters is 1. The SMILES string of the molecule is O=C1COc2ccc(C(=O)COC(=O)C(Cc3c[nH]c4ccccc34)NC(=O)c3ccc(F)cc3)cc2N1. The van der Waals surface area contributed by atoms with Gasteiger partial charge >= 0.3 is 5.97 Å². The fourth-order valence-electron chi connectivity index (χ4n) is 4.13. The standard InChI is InChI=1S/C28H22FN3O6/c29-19-8-5-16(6-9-19)27(35)32-23(12-18-13-30-21-4-2-1-3-20(18)21)28(36)38-14-24(33)17-7-10-25-22(11-17)31-26(34)15-37-25/h1-11,13,23,30H,12,14-15H2,(H,31,34)(H,32,35). The zero-order chi connectivity index (χ0) is 26.6. The second kappa shape index (κ2) is 10.6. The average Bonchev–Trinajstić information content (AvgIpc) is 3.33. The predicted octanol–water partition coefficient (Wildman–Crippen LogP) is 3.41. The minimum atomic E-state index is -1.13. The molecule has 1 aliphatic heterocycles. The van der Waals surface area contributed by atoms with Crippen LogP contribution in [0.3, 0.4) is 0 Å². The molecular formula is C28H22FN3O6. The number of ether oxygens (including phenoxy) is 2. The summed E-state index contributed by atoms with van der Waals surface area (Å²) in [5.74, 6) is -2.32. The number of para-hydroxylation sites is 1. The number of Topliss-reactive ketones (excluding diaryl/α,β-unsaturated/α-hetero) is 1. The second-order valence-corrected chi connectivity index (χ2v) is 8.68. The van der Waals surface area contributed by atoms with Crippen molar-refractivity contribution in [3.63, 3.8) is 0 Å². The van der Waals surface area contributed by atoms with Crippen LogP contribution in [0.2, 0.25) is 0 Å². The van der Waals surface area contributed by atoms with Crippen molar-refractivity contribution in [1.82, 2.24) is 10.3 Å². The molecule has 4 aromatic rings.